The minimum absolute atomic E-state index is 0.0561. The summed E-state index contributed by atoms with van der Waals surface area (Å²) in [4.78, 5) is 3.89. The van der Waals surface area contributed by atoms with E-state index in [1.807, 2.05) is 17.4 Å². The fourth-order valence-electron chi connectivity index (χ4n) is 2.11. The van der Waals surface area contributed by atoms with E-state index in [0.29, 0.717) is 0 Å². The molecule has 0 nitrogen and oxygen atoms in total. The molecular formula is C12H9BrCl2S2. The number of fused-ring (bicyclic) bond motifs is 1. The molecule has 0 aliphatic heterocycles. The number of rotatable bonds is 2. The van der Waals surface area contributed by atoms with Crippen LogP contribution in [0.15, 0.2) is 16.6 Å². The van der Waals surface area contributed by atoms with Gasteiger partial charge in [0.1, 0.15) is 9.71 Å². The van der Waals surface area contributed by atoms with Crippen molar-refractivity contribution in [2.75, 3.05) is 0 Å². The molecule has 2 heterocycles. The van der Waals surface area contributed by atoms with Gasteiger partial charge in [-0.25, -0.2) is 0 Å². The van der Waals surface area contributed by atoms with Gasteiger partial charge >= 0.3 is 0 Å². The number of thiophene rings is 2. The van der Waals surface area contributed by atoms with Gasteiger partial charge in [0.15, 0.2) is 0 Å². The van der Waals surface area contributed by atoms with Crippen molar-refractivity contribution < 1.29 is 0 Å². The molecule has 0 aromatic carbocycles. The van der Waals surface area contributed by atoms with Crippen molar-refractivity contribution in [2.24, 2.45) is 0 Å². The molecule has 0 saturated heterocycles. The molecule has 90 valence electrons. The second-order valence-corrected chi connectivity index (χ2v) is 8.23. The molecule has 0 spiro atoms. The van der Waals surface area contributed by atoms with Crippen molar-refractivity contribution in [2.45, 2.75) is 24.6 Å². The molecule has 3 rings (SSSR count). The number of alkyl halides is 1. The van der Waals surface area contributed by atoms with Gasteiger partial charge in [-0.15, -0.1) is 34.3 Å². The number of hydrogen-bond acceptors (Lipinski definition) is 2. The Labute approximate surface area is 127 Å². The Kier molecular flexibility index (Phi) is 3.57. The molecular weight excluding hydrogens is 359 g/mol. The molecule has 1 aliphatic carbocycles. The van der Waals surface area contributed by atoms with E-state index in [1.54, 1.807) is 11.3 Å². The lowest BCUT2D eigenvalue weighted by atomic mass is 10.2. The number of hydrogen-bond donors (Lipinski definition) is 0. The largest absolute Gasteiger partial charge is 0.143 e. The van der Waals surface area contributed by atoms with Crippen molar-refractivity contribution in [1.29, 1.82) is 0 Å². The highest BCUT2D eigenvalue weighted by Gasteiger charge is 2.21. The van der Waals surface area contributed by atoms with Crippen LogP contribution in [0.3, 0.4) is 0 Å². The van der Waals surface area contributed by atoms with E-state index in [2.05, 4.69) is 22.0 Å². The predicted octanol–water partition coefficient (Wildman–Crippen LogP) is 6.04. The van der Waals surface area contributed by atoms with Crippen LogP contribution < -0.4 is 0 Å². The SMILES string of the molecule is Clc1sc(C(Cl)c2cc3c(s2)CCC3)cc1Br. The predicted molar refractivity (Wildman–Crippen MR) is 81.1 cm³/mol. The summed E-state index contributed by atoms with van der Waals surface area (Å²) in [7, 11) is 0. The summed E-state index contributed by atoms with van der Waals surface area (Å²) in [5, 5.41) is -0.0561. The first-order valence-electron chi connectivity index (χ1n) is 5.35. The smallest absolute Gasteiger partial charge is 0.107 e. The molecule has 1 aliphatic rings. The molecule has 1 unspecified atom stereocenters. The summed E-state index contributed by atoms with van der Waals surface area (Å²) in [6.07, 6.45) is 3.73. The Hall–Kier alpha value is 0.460. The maximum absolute atomic E-state index is 6.52. The first-order chi connectivity index (χ1) is 8.15. The van der Waals surface area contributed by atoms with Crippen LogP contribution in [0.1, 0.15) is 32.0 Å². The average Bonchev–Trinajstić information content (AvgIpc) is 2.92. The van der Waals surface area contributed by atoms with E-state index in [1.165, 1.54) is 34.6 Å². The second kappa shape index (κ2) is 4.86. The van der Waals surface area contributed by atoms with Crippen LogP contribution in [0.25, 0.3) is 0 Å². The summed E-state index contributed by atoms with van der Waals surface area (Å²) in [6.45, 7) is 0. The van der Waals surface area contributed by atoms with Crippen molar-refractivity contribution >= 4 is 61.8 Å². The topological polar surface area (TPSA) is 0 Å². The van der Waals surface area contributed by atoms with Gasteiger partial charge in [-0.2, -0.15) is 0 Å². The Bertz CT molecular complexity index is 518. The first kappa shape index (κ1) is 12.5. The second-order valence-electron chi connectivity index (χ2n) is 4.08. The highest BCUT2D eigenvalue weighted by atomic mass is 79.9. The van der Waals surface area contributed by atoms with E-state index in [0.717, 1.165) is 13.7 Å². The van der Waals surface area contributed by atoms with Crippen LogP contribution in [0.4, 0.5) is 0 Å². The Balaban J connectivity index is 1.92. The van der Waals surface area contributed by atoms with Gasteiger partial charge in [0.2, 0.25) is 0 Å². The van der Waals surface area contributed by atoms with Gasteiger partial charge in [0, 0.05) is 19.1 Å². The maximum atomic E-state index is 6.52. The molecule has 0 N–H and O–H groups in total. The van der Waals surface area contributed by atoms with E-state index < -0.39 is 0 Å². The summed E-state index contributed by atoms with van der Waals surface area (Å²) < 4.78 is 1.71. The van der Waals surface area contributed by atoms with Gasteiger partial charge in [-0.05, 0) is 52.9 Å². The normalized spacial score (nSPS) is 16.2. The van der Waals surface area contributed by atoms with E-state index in [-0.39, 0.29) is 5.38 Å². The van der Waals surface area contributed by atoms with Gasteiger partial charge in [-0.1, -0.05) is 11.6 Å². The molecule has 5 heteroatoms. The standard InChI is InChI=1S/C12H9BrCl2S2/c13-7-5-10(17-12(7)15)11(14)9-4-6-2-1-3-8(6)16-9/h4-5,11H,1-3H2. The maximum Gasteiger partial charge on any atom is 0.107 e. The summed E-state index contributed by atoms with van der Waals surface area (Å²) in [5.41, 5.74) is 1.50. The molecule has 0 fully saturated rings. The molecule has 2 aromatic heterocycles. The van der Waals surface area contributed by atoms with Crippen LogP contribution in [-0.4, -0.2) is 0 Å². The van der Waals surface area contributed by atoms with Gasteiger partial charge < -0.3 is 0 Å². The Morgan fingerprint density at radius 1 is 1.18 bits per heavy atom. The highest BCUT2D eigenvalue weighted by Crippen LogP contribution is 2.44. The molecule has 1 atom stereocenters. The van der Waals surface area contributed by atoms with Crippen molar-refractivity contribution in [3.8, 4) is 0 Å². The van der Waals surface area contributed by atoms with Crippen LogP contribution in [0, 0.1) is 0 Å². The molecule has 2 aromatic rings. The lowest BCUT2D eigenvalue weighted by molar-refractivity contribution is 0.913. The summed E-state index contributed by atoms with van der Waals surface area (Å²) >= 11 is 19.4. The zero-order valence-electron chi connectivity index (χ0n) is 8.80. The first-order valence-corrected chi connectivity index (χ1v) is 8.59. The fourth-order valence-corrected chi connectivity index (χ4v) is 5.56. The summed E-state index contributed by atoms with van der Waals surface area (Å²) in [5.74, 6) is 0. The third-order valence-electron chi connectivity index (χ3n) is 2.93. The van der Waals surface area contributed by atoms with Crippen LogP contribution in [0.2, 0.25) is 4.34 Å². The lowest BCUT2D eigenvalue weighted by Gasteiger charge is -2.03. The van der Waals surface area contributed by atoms with Crippen molar-refractivity contribution in [3.63, 3.8) is 0 Å². The highest BCUT2D eigenvalue weighted by molar-refractivity contribution is 9.10. The minimum atomic E-state index is -0.0561. The molecule has 0 saturated carbocycles. The molecule has 0 amide bonds. The quantitative estimate of drug-likeness (QED) is 0.567. The van der Waals surface area contributed by atoms with Crippen molar-refractivity contribution in [3.05, 3.63) is 41.1 Å². The Morgan fingerprint density at radius 2 is 1.94 bits per heavy atom. The number of halogens is 3. The van der Waals surface area contributed by atoms with Gasteiger partial charge in [0.05, 0.1) is 0 Å². The van der Waals surface area contributed by atoms with Crippen molar-refractivity contribution in [1.82, 2.24) is 0 Å². The van der Waals surface area contributed by atoms with Crippen LogP contribution in [0.5, 0.6) is 0 Å². The molecule has 0 bridgehead atoms. The minimum Gasteiger partial charge on any atom is -0.143 e. The summed E-state index contributed by atoms with van der Waals surface area (Å²) in [6, 6.07) is 4.29. The van der Waals surface area contributed by atoms with E-state index in [9.17, 15) is 0 Å². The van der Waals surface area contributed by atoms with Crippen LogP contribution >= 0.6 is 61.8 Å². The third kappa shape index (κ3) is 2.33. The Morgan fingerprint density at radius 3 is 2.59 bits per heavy atom. The number of aryl methyl sites for hydroxylation is 2. The van der Waals surface area contributed by atoms with Gasteiger partial charge in [-0.3, -0.25) is 0 Å². The van der Waals surface area contributed by atoms with E-state index >= 15 is 0 Å². The van der Waals surface area contributed by atoms with Crippen LogP contribution in [-0.2, 0) is 12.8 Å². The lowest BCUT2D eigenvalue weighted by Crippen LogP contribution is -1.85. The average molecular weight is 368 g/mol. The zero-order valence-corrected chi connectivity index (χ0v) is 13.5. The molecule has 17 heavy (non-hydrogen) atoms. The third-order valence-corrected chi connectivity index (χ3v) is 7.50. The van der Waals surface area contributed by atoms with Gasteiger partial charge in [0.25, 0.3) is 0 Å². The zero-order chi connectivity index (χ0) is 12.0. The monoisotopic (exact) mass is 366 g/mol. The fraction of sp³-hybridized carbons (Fsp3) is 0.333. The molecule has 0 radical (unpaired) electrons. The van der Waals surface area contributed by atoms with E-state index in [4.69, 9.17) is 23.2 Å².